The largest absolute Gasteiger partial charge is 0.423 e. The van der Waals surface area contributed by atoms with Gasteiger partial charge in [-0.15, -0.1) is 0 Å². The lowest BCUT2D eigenvalue weighted by Gasteiger charge is -2.20. The predicted octanol–water partition coefficient (Wildman–Crippen LogP) is 2.09. The van der Waals surface area contributed by atoms with Crippen LogP contribution in [-0.4, -0.2) is 116 Å². The minimum atomic E-state index is -3.80. The zero-order chi connectivity index (χ0) is 30.4. The molecule has 2 aromatic carbocycles. The van der Waals surface area contributed by atoms with Crippen molar-refractivity contribution in [1.29, 1.82) is 0 Å². The van der Waals surface area contributed by atoms with E-state index in [2.05, 4.69) is 31.9 Å². The molecule has 16 heteroatoms. The molecule has 0 spiro atoms. The van der Waals surface area contributed by atoms with E-state index in [1.807, 2.05) is 38.0 Å². The molecule has 2 rings (SSSR count). The Morgan fingerprint density at radius 1 is 0.625 bits per heavy atom. The van der Waals surface area contributed by atoms with E-state index >= 15 is 0 Å². The maximum atomic E-state index is 12.8. The van der Waals surface area contributed by atoms with Crippen LogP contribution in [0.4, 0.5) is 0 Å². The number of ether oxygens (including phenoxy) is 2. The van der Waals surface area contributed by atoms with Gasteiger partial charge in [-0.25, -0.2) is 26.4 Å². The summed E-state index contributed by atoms with van der Waals surface area (Å²) in [5, 5.41) is 0. The van der Waals surface area contributed by atoms with Gasteiger partial charge < -0.3 is 19.3 Å². The van der Waals surface area contributed by atoms with Crippen molar-refractivity contribution in [2.75, 3.05) is 68.5 Å². The molecule has 40 heavy (non-hydrogen) atoms. The molecule has 0 aliphatic carbocycles. The monoisotopic (exact) mass is 726 g/mol. The molecule has 12 nitrogen and oxygen atoms in total. The summed E-state index contributed by atoms with van der Waals surface area (Å²) in [5.74, 6) is -2.94. The fourth-order valence-electron chi connectivity index (χ4n) is 3.01. The predicted molar refractivity (Wildman–Crippen MR) is 156 cm³/mol. The molecule has 0 radical (unpaired) electrons. The van der Waals surface area contributed by atoms with Gasteiger partial charge in [0, 0.05) is 40.3 Å². The molecule has 0 aliphatic rings. The van der Waals surface area contributed by atoms with Gasteiger partial charge in [-0.2, -0.15) is 8.61 Å². The number of esters is 2. The van der Waals surface area contributed by atoms with E-state index in [4.69, 9.17) is 9.47 Å². The van der Waals surface area contributed by atoms with Crippen molar-refractivity contribution in [3.63, 3.8) is 0 Å². The lowest BCUT2D eigenvalue weighted by Crippen LogP contribution is -2.33. The summed E-state index contributed by atoms with van der Waals surface area (Å²) in [5.41, 5.74) is 0. The summed E-state index contributed by atoms with van der Waals surface area (Å²) in [6.45, 7) is 1.59. The molecule has 2 aromatic rings. The van der Waals surface area contributed by atoms with E-state index in [9.17, 15) is 26.4 Å². The Hall–Kier alpha value is -1.92. The van der Waals surface area contributed by atoms with Crippen LogP contribution in [0.5, 0.6) is 11.5 Å². The van der Waals surface area contributed by atoms with E-state index in [-0.39, 0.29) is 43.3 Å². The lowest BCUT2D eigenvalue weighted by molar-refractivity contribution is -0.156. The number of rotatable bonds is 12. The third kappa shape index (κ3) is 9.04. The van der Waals surface area contributed by atoms with Gasteiger partial charge in [-0.1, -0.05) is 0 Å². The molecule has 0 atom stereocenters. The first kappa shape index (κ1) is 34.3. The smallest absolute Gasteiger partial charge is 0.417 e. The molecule has 0 aliphatic heterocycles. The molecule has 0 fully saturated rings. The molecule has 0 saturated carbocycles. The second kappa shape index (κ2) is 14.3. The van der Waals surface area contributed by atoms with E-state index in [0.717, 1.165) is 0 Å². The van der Waals surface area contributed by atoms with E-state index < -0.39 is 32.0 Å². The van der Waals surface area contributed by atoms with Gasteiger partial charge >= 0.3 is 11.9 Å². The van der Waals surface area contributed by atoms with Gasteiger partial charge in [0.05, 0.1) is 18.7 Å². The summed E-state index contributed by atoms with van der Waals surface area (Å²) in [6, 6.07) is 7.52. The molecule has 0 amide bonds. The fraction of sp³-hybridized carbons (Fsp3) is 0.417. The molecule has 0 unspecified atom stereocenters. The number of halogens is 2. The molecule has 0 N–H and O–H groups in total. The zero-order valence-corrected chi connectivity index (χ0v) is 27.7. The molecule has 222 valence electrons. The third-order valence-electron chi connectivity index (χ3n) is 5.52. The Kier molecular flexibility index (Phi) is 12.3. The highest BCUT2D eigenvalue weighted by Crippen LogP contribution is 2.31. The molecule has 0 bridgehead atoms. The van der Waals surface area contributed by atoms with Gasteiger partial charge in [-0.05, 0) is 96.4 Å². The van der Waals surface area contributed by atoms with Gasteiger partial charge in [0.2, 0.25) is 20.0 Å². The van der Waals surface area contributed by atoms with Crippen LogP contribution in [-0.2, 0) is 29.6 Å². The quantitative estimate of drug-likeness (QED) is 0.182. The van der Waals surface area contributed by atoms with Crippen molar-refractivity contribution in [2.24, 2.45) is 0 Å². The third-order valence-corrected chi connectivity index (χ3v) is 10.5. The van der Waals surface area contributed by atoms with E-state index in [1.165, 1.54) is 59.1 Å². The molecular weight excluding hydrogens is 696 g/mol. The van der Waals surface area contributed by atoms with Crippen LogP contribution in [0.1, 0.15) is 0 Å². The van der Waals surface area contributed by atoms with Crippen LogP contribution >= 0.6 is 31.9 Å². The van der Waals surface area contributed by atoms with E-state index in [1.54, 1.807) is 0 Å². The average Bonchev–Trinajstić information content (AvgIpc) is 2.87. The topological polar surface area (TPSA) is 134 Å². The highest BCUT2D eigenvalue weighted by molar-refractivity contribution is 9.11. The van der Waals surface area contributed by atoms with Gasteiger partial charge in [0.25, 0.3) is 0 Å². The second-order valence-corrected chi connectivity index (χ2v) is 15.0. The lowest BCUT2D eigenvalue weighted by atomic mass is 10.3. The van der Waals surface area contributed by atoms with Crippen LogP contribution in [0.15, 0.2) is 55.1 Å². The number of likely N-dealkylation sites (N-methyl/N-ethyl adjacent to an activating group) is 4. The Labute approximate surface area is 252 Å². The normalized spacial score (nSPS) is 12.4. The maximum Gasteiger partial charge on any atom is 0.423 e. The first-order valence-corrected chi connectivity index (χ1v) is 16.2. The van der Waals surface area contributed by atoms with Gasteiger partial charge in [0.15, 0.2) is 0 Å². The standard InChI is InChI=1S/C24H32Br2N4O8S2/c1-27(2)11-13-29(5)39(33,34)17-7-9-21(19(25)15-17)37-23(31)24(32)38-22-10-8-18(16-20(22)26)40(35,36)30(6)14-12-28(3)4/h7-10,15-16H,11-14H2,1-6H3. The number of carbonyl (C=O) groups excluding carboxylic acids is 2. The maximum absolute atomic E-state index is 12.8. The number of benzene rings is 2. The summed E-state index contributed by atoms with van der Waals surface area (Å²) in [7, 11) is 2.64. The number of hydrogen-bond donors (Lipinski definition) is 0. The number of sulfonamides is 2. The van der Waals surface area contributed by atoms with Crippen LogP contribution in [0, 0.1) is 0 Å². The average molecular weight is 728 g/mol. The number of carbonyl (C=O) groups is 2. The summed E-state index contributed by atoms with van der Waals surface area (Å²) < 4.78 is 64.1. The number of nitrogens with zero attached hydrogens (tertiary/aromatic N) is 4. The van der Waals surface area contributed by atoms with Crippen LogP contribution < -0.4 is 9.47 Å². The van der Waals surface area contributed by atoms with Crippen molar-refractivity contribution < 1.29 is 35.9 Å². The Bertz CT molecular complexity index is 1340. The minimum Gasteiger partial charge on any atom is -0.417 e. The summed E-state index contributed by atoms with van der Waals surface area (Å²) >= 11 is 6.35. The highest BCUT2D eigenvalue weighted by atomic mass is 79.9. The first-order valence-electron chi connectivity index (χ1n) is 11.7. The summed E-state index contributed by atoms with van der Waals surface area (Å²) in [6.07, 6.45) is 0. The van der Waals surface area contributed by atoms with Crippen LogP contribution in [0.25, 0.3) is 0 Å². The first-order chi connectivity index (χ1) is 18.5. The molecular formula is C24H32Br2N4O8S2. The molecule has 0 heterocycles. The van der Waals surface area contributed by atoms with Crippen molar-refractivity contribution in [2.45, 2.75) is 9.79 Å². The Morgan fingerprint density at radius 3 is 1.23 bits per heavy atom. The van der Waals surface area contributed by atoms with Crippen LogP contribution in [0.2, 0.25) is 0 Å². The fourth-order valence-corrected chi connectivity index (χ4v) is 6.61. The van der Waals surface area contributed by atoms with Crippen molar-refractivity contribution >= 4 is 63.8 Å². The molecule has 0 saturated heterocycles. The minimum absolute atomic E-state index is 0.0330. The van der Waals surface area contributed by atoms with Crippen molar-refractivity contribution in [3.05, 3.63) is 45.3 Å². The number of hydrogen-bond acceptors (Lipinski definition) is 10. The van der Waals surface area contributed by atoms with Crippen molar-refractivity contribution in [1.82, 2.24) is 18.4 Å². The zero-order valence-electron chi connectivity index (χ0n) is 22.9. The Balaban J connectivity index is 2.11. The SMILES string of the molecule is CN(C)CCN(C)S(=O)(=O)c1ccc(OC(=O)C(=O)Oc2ccc(S(=O)(=O)N(C)CCN(C)C)cc2Br)c(Br)c1. The summed E-state index contributed by atoms with van der Waals surface area (Å²) in [4.78, 5) is 28.4. The van der Waals surface area contributed by atoms with Gasteiger partial charge in [-0.3, -0.25) is 0 Å². The molecule has 0 aromatic heterocycles. The second-order valence-electron chi connectivity index (χ2n) is 9.22. The van der Waals surface area contributed by atoms with E-state index in [0.29, 0.717) is 13.1 Å². The van der Waals surface area contributed by atoms with Gasteiger partial charge in [0.1, 0.15) is 11.5 Å². The van der Waals surface area contributed by atoms with Crippen molar-refractivity contribution in [3.8, 4) is 11.5 Å². The Morgan fingerprint density at radius 2 is 0.950 bits per heavy atom. The highest BCUT2D eigenvalue weighted by Gasteiger charge is 2.26. The van der Waals surface area contributed by atoms with Crippen LogP contribution in [0.3, 0.4) is 0 Å².